The Bertz CT molecular complexity index is 3200. The van der Waals surface area contributed by atoms with Gasteiger partial charge in [-0.1, -0.05) is 37.1 Å². The van der Waals surface area contributed by atoms with Gasteiger partial charge >= 0.3 is 47.3 Å². The Hall–Kier alpha value is -7.77. The molecule has 30 heteroatoms. The fraction of sp³-hybridized carbons (Fsp3) is 0.467. The number of Topliss-reactive ketones (excluding diaryl/α,β-unsaturated/α-hetero) is 2. The number of barbiturate groups is 2. The third kappa shape index (κ3) is 21.7. The Kier molecular flexibility index (Phi) is 31.6. The Labute approximate surface area is 547 Å². The van der Waals surface area contributed by atoms with Crippen LogP contribution in [0, 0.1) is 36.9 Å². The molecule has 495 valence electrons. The molecule has 0 atom stereocenters. The first-order valence-corrected chi connectivity index (χ1v) is 28.5. The third-order valence-corrected chi connectivity index (χ3v) is 13.4. The number of carbonyl (C=O) groups excluding carboxylic acids is 8. The molecule has 0 unspecified atom stereocenters. The SMILES string of the molecule is CC(=O)O.CC(=O)O.CCc1c(CC)c2cc3nc(cnc4cc(OCCOCCOCCOC)c(OCCOCCOCCOC)cc4ncc4nc(cc1[n-]2)C(CCCN1C(=O)NC(=O)C(=O)C1=O)=C4C)C(C)=C3CCCN1C(=O)NC(=O)C(=O)C1=O.[Lu]. The number of rotatable bonds is 30. The molecule has 4 N–H and O–H groups in total. The molecule has 90 heavy (non-hydrogen) atoms. The molecule has 2 aromatic heterocycles. The van der Waals surface area contributed by atoms with Gasteiger partial charge in [-0.2, -0.15) is 0 Å². The van der Waals surface area contributed by atoms with E-state index in [1.165, 1.54) is 0 Å². The van der Waals surface area contributed by atoms with E-state index in [4.69, 9.17) is 82.6 Å². The Morgan fingerprint density at radius 2 is 0.856 bits per heavy atom. The maximum Gasteiger partial charge on any atom is 0.331 e. The molecular weight excluding hydrogens is 1340 g/mol. The quantitative estimate of drug-likeness (QED) is 0.0539. The summed E-state index contributed by atoms with van der Waals surface area (Å²) in [4.78, 5) is 144. The second-order valence-electron chi connectivity index (χ2n) is 19.6. The van der Waals surface area contributed by atoms with E-state index < -0.39 is 59.2 Å². The van der Waals surface area contributed by atoms with Gasteiger partial charge in [-0.25, -0.2) is 19.6 Å². The van der Waals surface area contributed by atoms with Crippen LogP contribution in [-0.4, -0.2) is 206 Å². The number of nitrogens with one attached hydrogen (secondary N) is 2. The van der Waals surface area contributed by atoms with Gasteiger partial charge in [-0.15, -0.1) is 11.0 Å². The van der Waals surface area contributed by atoms with Crippen molar-refractivity contribution < 1.29 is 133 Å². The van der Waals surface area contributed by atoms with Crippen molar-refractivity contribution in [1.29, 1.82) is 0 Å². The summed E-state index contributed by atoms with van der Waals surface area (Å²) in [7, 11) is 3.19. The van der Waals surface area contributed by atoms with Crippen LogP contribution in [-0.2, 0) is 79.6 Å². The Morgan fingerprint density at radius 1 is 0.522 bits per heavy atom. The molecule has 6 bridgehead atoms. The van der Waals surface area contributed by atoms with Crippen molar-refractivity contribution in [1.82, 2.24) is 45.4 Å². The summed E-state index contributed by atoms with van der Waals surface area (Å²) in [5.41, 5.74) is 8.94. The summed E-state index contributed by atoms with van der Waals surface area (Å²) in [6.07, 6.45) is 5.37. The van der Waals surface area contributed by atoms with Crippen LogP contribution in [0.4, 0.5) is 9.59 Å². The number of hydrogen-bond acceptors (Lipinski definition) is 22. The predicted octanol–water partition coefficient (Wildman–Crippen LogP) is 4.11. The number of imide groups is 4. The number of allylic oxidation sites excluding steroid dienone is 4. The van der Waals surface area contributed by atoms with Gasteiger partial charge in [-0.3, -0.25) is 68.8 Å². The number of amides is 8. The zero-order valence-corrected chi connectivity index (χ0v) is 52.9. The number of hydrogen-bond donors (Lipinski definition) is 4. The van der Waals surface area contributed by atoms with Gasteiger partial charge in [0.25, 0.3) is 11.9 Å². The number of aliphatic carboxylic acids is 2. The van der Waals surface area contributed by atoms with Crippen molar-refractivity contribution in [2.45, 2.75) is 80.1 Å². The first-order chi connectivity index (χ1) is 42.6. The molecule has 2 saturated heterocycles. The van der Waals surface area contributed by atoms with E-state index in [1.807, 2.05) is 50.5 Å². The van der Waals surface area contributed by atoms with Crippen molar-refractivity contribution in [3.05, 3.63) is 70.6 Å². The number of fused-ring (bicyclic) bond motifs is 7. The molecule has 7 rings (SSSR count). The van der Waals surface area contributed by atoms with Crippen molar-refractivity contribution in [2.24, 2.45) is 0 Å². The normalized spacial score (nSPS) is 13.9. The summed E-state index contributed by atoms with van der Waals surface area (Å²) >= 11 is 0. The van der Waals surface area contributed by atoms with Gasteiger partial charge in [0.2, 0.25) is 0 Å². The number of benzene rings is 1. The number of carbonyl (C=O) groups is 10. The van der Waals surface area contributed by atoms with E-state index >= 15 is 0 Å². The monoisotopic (exact) mass is 1420 g/mol. The number of aromatic nitrogens is 5. The second-order valence-corrected chi connectivity index (χ2v) is 19.6. The van der Waals surface area contributed by atoms with Crippen molar-refractivity contribution in [3.8, 4) is 11.5 Å². The molecule has 1 radical (unpaired) electrons. The third-order valence-electron chi connectivity index (χ3n) is 13.4. The molecular formula is C60H74LuN9O20-. The summed E-state index contributed by atoms with van der Waals surface area (Å²) in [5.74, 6) is -8.65. The first-order valence-electron chi connectivity index (χ1n) is 28.5. The van der Waals surface area contributed by atoms with Crippen LogP contribution >= 0.6 is 0 Å². The summed E-state index contributed by atoms with van der Waals surface area (Å²) in [6.45, 7) is 13.5. The van der Waals surface area contributed by atoms with Gasteiger partial charge in [0.05, 0.1) is 112 Å². The number of carboxylic acids is 2. The van der Waals surface area contributed by atoms with E-state index in [1.54, 1.807) is 38.7 Å². The fourth-order valence-corrected chi connectivity index (χ4v) is 9.12. The minimum absolute atomic E-state index is 0. The maximum absolute atomic E-state index is 12.7. The average Bonchev–Trinajstić information content (AvgIpc) is 1.63. The average molecular weight is 1420 g/mol. The van der Waals surface area contributed by atoms with Crippen LogP contribution in [0.3, 0.4) is 0 Å². The van der Waals surface area contributed by atoms with Gasteiger partial charge in [0.1, 0.15) is 13.2 Å². The largest absolute Gasteiger partial charge is 0.657 e. The minimum atomic E-state index is -1.33. The molecule has 8 amide bonds. The molecule has 0 saturated carbocycles. The van der Waals surface area contributed by atoms with Gasteiger partial charge in [-0.05, 0) is 74.7 Å². The zero-order valence-electron chi connectivity index (χ0n) is 51.2. The molecule has 1 aromatic carbocycles. The Balaban J connectivity index is 0.00000181. The molecule has 0 spiro atoms. The topological polar surface area (TPSA) is 381 Å². The standard InChI is InChI=1S/C56H67N9O16.2C2H4O2.Lu/c1-7-35-36(8-2)40-28-42-38(12-10-14-65-54(71)50(67)52(69)63-56(65)73)34(4)46(61-42)32-58-44-30-48(81-26-24-79-22-20-77-18-16-75-6)47(80-25-23-78-21-19-76-17-15-74-5)29-43(44)57-31-45-33(3)37(41(60-45)27-39(35)59-40)11-9-13-64-53(70)49(66)51(68)62-55(64)72;2*1-2(3)4;/h27-32H,7-26H2,1-6H3,(H3,57,58,59,60,61,62,63,68,69,72,73);2*1H3,(H,3,4);/p-1. The molecule has 4 aliphatic heterocycles. The van der Waals surface area contributed by atoms with Crippen molar-refractivity contribution in [3.63, 3.8) is 0 Å². The van der Waals surface area contributed by atoms with Crippen LogP contribution in [0.5, 0.6) is 11.5 Å². The van der Waals surface area contributed by atoms with E-state index in [0.717, 1.165) is 47.3 Å². The van der Waals surface area contributed by atoms with Gasteiger partial charge in [0, 0.05) is 90.2 Å². The minimum Gasteiger partial charge on any atom is -0.657 e. The number of ether oxygens (including phenoxy) is 8. The van der Waals surface area contributed by atoms with Gasteiger partial charge in [0.15, 0.2) is 11.5 Å². The van der Waals surface area contributed by atoms with E-state index in [-0.39, 0.29) is 102 Å². The van der Waals surface area contributed by atoms with Crippen LogP contribution in [0.15, 0.2) is 36.7 Å². The summed E-state index contributed by atoms with van der Waals surface area (Å²) in [5, 5.41) is 18.7. The first kappa shape index (κ1) is 74.7. The number of nitrogens with zero attached hydrogens (tertiary/aromatic N) is 7. The smallest absolute Gasteiger partial charge is 0.331 e. The van der Waals surface area contributed by atoms with Crippen molar-refractivity contribution in [2.75, 3.05) is 107 Å². The van der Waals surface area contributed by atoms with Crippen LogP contribution < -0.4 is 25.1 Å². The van der Waals surface area contributed by atoms with Gasteiger partial charge < -0.3 is 53.1 Å². The number of carboxylic acid groups (broad SMARTS) is 2. The maximum atomic E-state index is 12.7. The predicted molar refractivity (Wildman–Crippen MR) is 317 cm³/mol. The van der Waals surface area contributed by atoms with E-state index in [9.17, 15) is 38.4 Å². The zero-order chi connectivity index (χ0) is 65.2. The molecule has 6 heterocycles. The van der Waals surface area contributed by atoms with Crippen LogP contribution in [0.2, 0.25) is 0 Å². The Morgan fingerprint density at radius 3 is 1.19 bits per heavy atom. The fourth-order valence-electron chi connectivity index (χ4n) is 9.12. The number of ketones is 2. The van der Waals surface area contributed by atoms with Crippen LogP contribution in [0.1, 0.15) is 101 Å². The molecule has 2 fully saturated rings. The molecule has 4 aliphatic rings. The van der Waals surface area contributed by atoms with E-state index in [0.29, 0.717) is 132 Å². The number of aryl methyl sites for hydroxylation is 2. The van der Waals surface area contributed by atoms with E-state index in [2.05, 4.69) is 0 Å². The summed E-state index contributed by atoms with van der Waals surface area (Å²) < 4.78 is 45.3. The summed E-state index contributed by atoms with van der Waals surface area (Å²) in [6, 6.07) is 5.18. The molecule has 0 aliphatic carbocycles. The molecule has 3 aromatic rings. The van der Waals surface area contributed by atoms with Crippen molar-refractivity contribution >= 4 is 104 Å². The number of urea groups is 2. The van der Waals surface area contributed by atoms with Crippen LogP contribution in [0.25, 0.3) is 44.4 Å². The molecule has 29 nitrogen and oxygen atoms in total. The number of methoxy groups -OCH3 is 2. The second kappa shape index (κ2) is 38.0.